The van der Waals surface area contributed by atoms with E-state index < -0.39 is 0 Å². The van der Waals surface area contributed by atoms with Crippen LogP contribution in [0.3, 0.4) is 0 Å². The number of ketones is 1. The standard InChI is InChI=1S/C23H36O/c1-4-9-19-12-13-20(15-17-23(3,5-2)16-14-19)18-22(24)21-10-7-6-8-11-21/h6-8,10-11,19-20H,4-5,9,12-18H2,1-3H3/t19-,20?,23?/m0/s1. The highest BCUT2D eigenvalue weighted by atomic mass is 16.1. The summed E-state index contributed by atoms with van der Waals surface area (Å²) in [7, 11) is 0. The zero-order valence-electron chi connectivity index (χ0n) is 16.0. The van der Waals surface area contributed by atoms with Gasteiger partial charge in [-0.25, -0.2) is 0 Å². The summed E-state index contributed by atoms with van der Waals surface area (Å²) in [5, 5.41) is 0. The van der Waals surface area contributed by atoms with Crippen LogP contribution in [0.4, 0.5) is 0 Å². The average molecular weight is 329 g/mol. The summed E-state index contributed by atoms with van der Waals surface area (Å²) >= 11 is 0. The highest BCUT2D eigenvalue weighted by Crippen LogP contribution is 2.40. The van der Waals surface area contributed by atoms with E-state index in [-0.39, 0.29) is 0 Å². The second-order valence-corrected chi connectivity index (χ2v) is 8.33. The fourth-order valence-electron chi connectivity index (χ4n) is 4.25. The molecule has 24 heavy (non-hydrogen) atoms. The fourth-order valence-corrected chi connectivity index (χ4v) is 4.25. The molecule has 134 valence electrons. The first-order chi connectivity index (χ1) is 11.6. The van der Waals surface area contributed by atoms with Gasteiger partial charge in [0.2, 0.25) is 0 Å². The minimum Gasteiger partial charge on any atom is -0.294 e. The molecule has 1 saturated carbocycles. The van der Waals surface area contributed by atoms with Gasteiger partial charge in [-0.3, -0.25) is 4.79 Å². The van der Waals surface area contributed by atoms with E-state index in [1.54, 1.807) is 0 Å². The van der Waals surface area contributed by atoms with Crippen LogP contribution in [0.2, 0.25) is 0 Å². The second kappa shape index (κ2) is 9.39. The average Bonchev–Trinajstić information content (AvgIpc) is 2.68. The maximum atomic E-state index is 12.6. The maximum Gasteiger partial charge on any atom is 0.163 e. The highest BCUT2D eigenvalue weighted by molar-refractivity contribution is 5.96. The smallest absolute Gasteiger partial charge is 0.163 e. The molecular formula is C23H36O. The molecule has 1 nitrogen and oxygen atoms in total. The van der Waals surface area contributed by atoms with E-state index in [1.807, 2.05) is 30.3 Å². The Kier molecular flexibility index (Phi) is 7.52. The zero-order valence-corrected chi connectivity index (χ0v) is 16.0. The molecule has 0 amide bonds. The minimum absolute atomic E-state index is 0.338. The quantitative estimate of drug-likeness (QED) is 0.511. The highest BCUT2D eigenvalue weighted by Gasteiger charge is 2.28. The first-order valence-corrected chi connectivity index (χ1v) is 10.1. The van der Waals surface area contributed by atoms with Gasteiger partial charge < -0.3 is 0 Å². The largest absolute Gasteiger partial charge is 0.294 e. The molecule has 0 aliphatic heterocycles. The van der Waals surface area contributed by atoms with Crippen molar-refractivity contribution in [2.24, 2.45) is 17.3 Å². The van der Waals surface area contributed by atoms with Gasteiger partial charge in [0.15, 0.2) is 5.78 Å². The third-order valence-electron chi connectivity index (χ3n) is 6.42. The van der Waals surface area contributed by atoms with Crippen molar-refractivity contribution < 1.29 is 4.79 Å². The molecule has 1 aliphatic carbocycles. The van der Waals surface area contributed by atoms with E-state index in [9.17, 15) is 4.79 Å². The van der Waals surface area contributed by atoms with E-state index in [2.05, 4.69) is 20.8 Å². The van der Waals surface area contributed by atoms with Gasteiger partial charge in [-0.1, -0.05) is 76.8 Å². The molecule has 1 aromatic rings. The molecule has 0 aromatic heterocycles. The SMILES string of the molecule is CCC[C@H]1CCC(CC(=O)c2ccccc2)CCC(C)(CC)CC1. The lowest BCUT2D eigenvalue weighted by Crippen LogP contribution is -2.17. The Morgan fingerprint density at radius 1 is 1.00 bits per heavy atom. The zero-order chi connectivity index (χ0) is 17.4. The van der Waals surface area contributed by atoms with Crippen molar-refractivity contribution in [2.75, 3.05) is 0 Å². The monoisotopic (exact) mass is 328 g/mol. The van der Waals surface area contributed by atoms with Crippen molar-refractivity contribution in [3.05, 3.63) is 35.9 Å². The molecular weight excluding hydrogens is 292 g/mol. The molecule has 0 saturated heterocycles. The molecule has 2 rings (SSSR count). The molecule has 3 atom stereocenters. The van der Waals surface area contributed by atoms with Gasteiger partial charge in [0.05, 0.1) is 0 Å². The molecule has 1 fully saturated rings. The Hall–Kier alpha value is -1.11. The predicted molar refractivity (Wildman–Crippen MR) is 103 cm³/mol. The Morgan fingerprint density at radius 3 is 2.25 bits per heavy atom. The fraction of sp³-hybridized carbons (Fsp3) is 0.696. The second-order valence-electron chi connectivity index (χ2n) is 8.33. The van der Waals surface area contributed by atoms with Crippen LogP contribution in [0.1, 0.15) is 95.3 Å². The number of hydrogen-bond donors (Lipinski definition) is 0. The van der Waals surface area contributed by atoms with Crippen LogP contribution >= 0.6 is 0 Å². The van der Waals surface area contributed by atoms with Crippen LogP contribution in [0, 0.1) is 17.3 Å². The van der Waals surface area contributed by atoms with Crippen molar-refractivity contribution in [1.29, 1.82) is 0 Å². The number of hydrogen-bond acceptors (Lipinski definition) is 1. The first-order valence-electron chi connectivity index (χ1n) is 10.1. The summed E-state index contributed by atoms with van der Waals surface area (Å²) in [6.45, 7) is 7.12. The first kappa shape index (κ1) is 19.2. The van der Waals surface area contributed by atoms with Gasteiger partial charge in [-0.2, -0.15) is 0 Å². The summed E-state index contributed by atoms with van der Waals surface area (Å²) in [5.41, 5.74) is 1.37. The van der Waals surface area contributed by atoms with E-state index in [4.69, 9.17) is 0 Å². The Morgan fingerprint density at radius 2 is 1.62 bits per heavy atom. The predicted octanol–water partition coefficient (Wildman–Crippen LogP) is 7.06. The van der Waals surface area contributed by atoms with E-state index >= 15 is 0 Å². The summed E-state index contributed by atoms with van der Waals surface area (Å²) in [6, 6.07) is 9.86. The molecule has 1 aromatic carbocycles. The van der Waals surface area contributed by atoms with Crippen LogP contribution < -0.4 is 0 Å². The molecule has 0 heterocycles. The minimum atomic E-state index is 0.338. The van der Waals surface area contributed by atoms with E-state index in [0.717, 1.165) is 17.9 Å². The summed E-state index contributed by atoms with van der Waals surface area (Å²) in [4.78, 5) is 12.6. The number of carbonyl (C=O) groups is 1. The molecule has 0 N–H and O–H groups in total. The van der Waals surface area contributed by atoms with Gasteiger partial charge in [0, 0.05) is 12.0 Å². The van der Waals surface area contributed by atoms with Crippen LogP contribution in [-0.2, 0) is 0 Å². The topological polar surface area (TPSA) is 17.1 Å². The Bertz CT molecular complexity index is 492. The van der Waals surface area contributed by atoms with Crippen LogP contribution in [-0.4, -0.2) is 5.78 Å². The molecule has 0 spiro atoms. The van der Waals surface area contributed by atoms with Crippen molar-refractivity contribution in [3.63, 3.8) is 0 Å². The summed E-state index contributed by atoms with van der Waals surface area (Å²) in [5.74, 6) is 1.78. The van der Waals surface area contributed by atoms with Gasteiger partial charge in [0.25, 0.3) is 0 Å². The van der Waals surface area contributed by atoms with Gasteiger partial charge in [-0.05, 0) is 49.4 Å². The van der Waals surface area contributed by atoms with Crippen molar-refractivity contribution in [1.82, 2.24) is 0 Å². The maximum absolute atomic E-state index is 12.6. The van der Waals surface area contributed by atoms with Crippen molar-refractivity contribution in [3.8, 4) is 0 Å². The number of rotatable bonds is 6. The van der Waals surface area contributed by atoms with E-state index in [0.29, 0.717) is 17.1 Å². The lowest BCUT2D eigenvalue weighted by molar-refractivity contribution is 0.0950. The lowest BCUT2D eigenvalue weighted by atomic mass is 9.76. The van der Waals surface area contributed by atoms with Gasteiger partial charge in [0.1, 0.15) is 0 Å². The van der Waals surface area contributed by atoms with Crippen molar-refractivity contribution in [2.45, 2.75) is 85.0 Å². The Labute approximate surface area is 149 Å². The Balaban J connectivity index is 2.03. The van der Waals surface area contributed by atoms with Crippen LogP contribution in [0.25, 0.3) is 0 Å². The molecule has 0 bridgehead atoms. The van der Waals surface area contributed by atoms with Gasteiger partial charge >= 0.3 is 0 Å². The molecule has 2 unspecified atom stereocenters. The summed E-state index contributed by atoms with van der Waals surface area (Å²) in [6.07, 6.45) is 12.5. The lowest BCUT2D eigenvalue weighted by Gasteiger charge is -2.30. The van der Waals surface area contributed by atoms with Crippen LogP contribution in [0.5, 0.6) is 0 Å². The number of benzene rings is 1. The van der Waals surface area contributed by atoms with Crippen molar-refractivity contribution >= 4 is 5.78 Å². The van der Waals surface area contributed by atoms with E-state index in [1.165, 1.54) is 57.8 Å². The third kappa shape index (κ3) is 5.76. The molecule has 1 aliphatic rings. The molecule has 1 heteroatoms. The number of Topliss-reactive ketones (excluding diaryl/α,β-unsaturated/α-hetero) is 1. The third-order valence-corrected chi connectivity index (χ3v) is 6.42. The van der Waals surface area contributed by atoms with Gasteiger partial charge in [-0.15, -0.1) is 0 Å². The van der Waals surface area contributed by atoms with Crippen LogP contribution in [0.15, 0.2) is 30.3 Å². The normalized spacial score (nSPS) is 28.6. The summed E-state index contributed by atoms with van der Waals surface area (Å²) < 4.78 is 0. The molecule has 0 radical (unpaired) electrons. The number of carbonyl (C=O) groups excluding carboxylic acids is 1.